The van der Waals surface area contributed by atoms with E-state index in [0.29, 0.717) is 50.4 Å². The number of nitrogens with two attached hydrogens (primary N) is 2. The number of halogens is 4. The van der Waals surface area contributed by atoms with Gasteiger partial charge in [-0.05, 0) is 51.7 Å². The molecule has 4 aromatic rings. The molecule has 336 valence electrons. The Kier molecular flexibility index (Phi) is 15.7. The molecule has 2 aromatic carbocycles. The molecule has 2 aliphatic heterocycles. The molecule has 4 unspecified atom stereocenters. The first-order valence-corrected chi connectivity index (χ1v) is 19.4. The highest BCUT2D eigenvalue weighted by Crippen LogP contribution is 2.46. The Balaban J connectivity index is 0.000000256. The van der Waals surface area contributed by atoms with Crippen molar-refractivity contribution in [2.75, 3.05) is 63.4 Å². The normalized spacial score (nSPS) is 20.7. The van der Waals surface area contributed by atoms with E-state index in [0.717, 1.165) is 37.8 Å². The number of benzene rings is 2. The number of aromatic nitrogens is 2. The van der Waals surface area contributed by atoms with Gasteiger partial charge in [0.2, 0.25) is 10.9 Å². The largest absolute Gasteiger partial charge is 0.492 e. The van der Waals surface area contributed by atoms with Crippen LogP contribution in [0.5, 0.6) is 11.5 Å². The Morgan fingerprint density at radius 2 is 1.03 bits per heavy atom. The van der Waals surface area contributed by atoms with Gasteiger partial charge in [-0.1, -0.05) is 0 Å². The second kappa shape index (κ2) is 19.5. The maximum atomic E-state index is 15.2. The molecule has 4 aliphatic rings. The van der Waals surface area contributed by atoms with E-state index in [1.807, 2.05) is 13.8 Å². The molecule has 17 nitrogen and oxygen atoms in total. The van der Waals surface area contributed by atoms with Gasteiger partial charge in [0.25, 0.3) is 0 Å². The van der Waals surface area contributed by atoms with Crippen LogP contribution in [0.4, 0.5) is 20.2 Å². The summed E-state index contributed by atoms with van der Waals surface area (Å²) in [5, 5.41) is 18.8. The van der Waals surface area contributed by atoms with Crippen molar-refractivity contribution >= 4 is 69.9 Å². The standard InChI is InChI=1S/2C20H24FN3O5.2ClH.H2O/c2*1-3-29-15-9-23(8-14(15)22)17-13(21)6-11-16(19(17)28-2)24(10-4-5-10)7-12(18(11)25)20(26)27;;;/h2*6-7,10,14-15H,3-5,8-9,22H2,1-2H3,(H,26,27);2*1H;1H2. The molecular weight excluding hydrogens is 849 g/mol. The van der Waals surface area contributed by atoms with Crippen LogP contribution in [0.2, 0.25) is 0 Å². The SMILES string of the molecule is CCOC1CN(c2c(F)cc3c(=O)c(C(=O)O)cn(C4CC4)c3c2OC)CC1N.CCOC1CN(c2c(F)cc3c(=O)c(C(=O)O)cn(C4CC4)c3c2OC)CC1N.Cl.Cl.O. The minimum absolute atomic E-state index is 0. The van der Waals surface area contributed by atoms with Crippen LogP contribution < -0.4 is 41.6 Å². The first kappa shape index (κ1) is 48.9. The van der Waals surface area contributed by atoms with Crippen molar-refractivity contribution in [2.45, 2.75) is 75.9 Å². The Morgan fingerprint density at radius 3 is 1.31 bits per heavy atom. The van der Waals surface area contributed by atoms with Gasteiger partial charge in [-0.3, -0.25) is 9.59 Å². The first-order valence-electron chi connectivity index (χ1n) is 19.4. The summed E-state index contributed by atoms with van der Waals surface area (Å²) in [4.78, 5) is 52.1. The van der Waals surface area contributed by atoms with E-state index in [2.05, 4.69) is 0 Å². The molecule has 2 aromatic heterocycles. The molecule has 8 rings (SSSR count). The fourth-order valence-corrected chi connectivity index (χ4v) is 8.19. The van der Waals surface area contributed by atoms with Gasteiger partial charge in [-0.15, -0.1) is 24.8 Å². The second-order valence-corrected chi connectivity index (χ2v) is 15.0. The lowest BCUT2D eigenvalue weighted by Gasteiger charge is -2.24. The van der Waals surface area contributed by atoms with Crippen LogP contribution in [0.15, 0.2) is 34.1 Å². The summed E-state index contributed by atoms with van der Waals surface area (Å²) in [6.07, 6.45) is 5.63. The van der Waals surface area contributed by atoms with Crippen molar-refractivity contribution in [3.63, 3.8) is 0 Å². The van der Waals surface area contributed by atoms with Gasteiger partial charge in [0.05, 0.1) is 60.3 Å². The van der Waals surface area contributed by atoms with Gasteiger partial charge >= 0.3 is 11.9 Å². The fourth-order valence-electron chi connectivity index (χ4n) is 8.19. The Bertz CT molecular complexity index is 2250. The number of carboxylic acids is 2. The monoisotopic (exact) mass is 900 g/mol. The van der Waals surface area contributed by atoms with Gasteiger partial charge in [-0.2, -0.15) is 0 Å². The maximum Gasteiger partial charge on any atom is 0.341 e. The lowest BCUT2D eigenvalue weighted by atomic mass is 10.1. The molecule has 2 aliphatic carbocycles. The van der Waals surface area contributed by atoms with Gasteiger partial charge in [-0.25, -0.2) is 18.4 Å². The molecule has 0 spiro atoms. The fraction of sp³-hybridized carbons (Fsp3) is 0.500. The number of aromatic carboxylic acids is 2. The minimum atomic E-state index is -1.33. The molecule has 8 N–H and O–H groups in total. The van der Waals surface area contributed by atoms with E-state index < -0.39 is 34.4 Å². The predicted octanol–water partition coefficient (Wildman–Crippen LogP) is 3.49. The minimum Gasteiger partial charge on any atom is -0.492 e. The van der Waals surface area contributed by atoms with Crippen molar-refractivity contribution in [2.24, 2.45) is 11.5 Å². The lowest BCUT2D eigenvalue weighted by Crippen LogP contribution is -2.35. The van der Waals surface area contributed by atoms with E-state index >= 15 is 8.78 Å². The highest BCUT2D eigenvalue weighted by atomic mass is 35.5. The van der Waals surface area contributed by atoms with Crippen LogP contribution in [0.3, 0.4) is 0 Å². The molecular formula is C40H52Cl2F2N6O11. The molecule has 2 saturated carbocycles. The van der Waals surface area contributed by atoms with Crippen LogP contribution in [-0.4, -0.2) is 115 Å². The molecule has 4 heterocycles. The Morgan fingerprint density at radius 1 is 0.689 bits per heavy atom. The molecule has 0 amide bonds. The molecule has 4 fully saturated rings. The number of pyridine rings is 2. The highest BCUT2D eigenvalue weighted by Gasteiger charge is 2.38. The van der Waals surface area contributed by atoms with Gasteiger partial charge in [0.1, 0.15) is 22.5 Å². The van der Waals surface area contributed by atoms with Crippen molar-refractivity contribution in [3.05, 3.63) is 67.7 Å². The van der Waals surface area contributed by atoms with E-state index in [9.17, 15) is 29.4 Å². The third kappa shape index (κ3) is 9.09. The summed E-state index contributed by atoms with van der Waals surface area (Å²) in [5.41, 5.74) is 11.4. The smallest absolute Gasteiger partial charge is 0.341 e. The van der Waals surface area contributed by atoms with Crippen molar-refractivity contribution in [1.29, 1.82) is 0 Å². The molecule has 61 heavy (non-hydrogen) atoms. The summed E-state index contributed by atoms with van der Waals surface area (Å²) >= 11 is 0. The molecule has 0 radical (unpaired) electrons. The topological polar surface area (TPSA) is 246 Å². The summed E-state index contributed by atoms with van der Waals surface area (Å²) in [7, 11) is 2.83. The van der Waals surface area contributed by atoms with Crippen molar-refractivity contribution in [1.82, 2.24) is 9.13 Å². The molecule has 4 atom stereocenters. The zero-order chi connectivity index (χ0) is 41.7. The first-order chi connectivity index (χ1) is 27.7. The van der Waals surface area contributed by atoms with E-state index in [4.69, 9.17) is 30.4 Å². The number of carboxylic acid groups (broad SMARTS) is 2. The Hall–Kier alpha value is -4.76. The van der Waals surface area contributed by atoms with Crippen molar-refractivity contribution in [3.8, 4) is 11.5 Å². The highest BCUT2D eigenvalue weighted by molar-refractivity contribution is 5.98. The number of ether oxygens (including phenoxy) is 4. The van der Waals surface area contributed by atoms with E-state index in [1.165, 1.54) is 26.6 Å². The third-order valence-corrected chi connectivity index (χ3v) is 11.2. The van der Waals surface area contributed by atoms with Crippen LogP contribution in [0.1, 0.15) is 72.3 Å². The van der Waals surface area contributed by atoms with Crippen molar-refractivity contribution < 1.29 is 53.0 Å². The number of rotatable bonds is 12. The number of nitrogens with zero attached hydrogens (tertiary/aromatic N) is 4. The van der Waals surface area contributed by atoms with Gasteiger partial charge in [0, 0.05) is 63.9 Å². The molecule has 21 heteroatoms. The van der Waals surface area contributed by atoms with Crippen LogP contribution >= 0.6 is 24.8 Å². The quantitative estimate of drug-likeness (QED) is 0.159. The predicted molar refractivity (Wildman–Crippen MR) is 229 cm³/mol. The second-order valence-electron chi connectivity index (χ2n) is 15.0. The number of fused-ring (bicyclic) bond motifs is 2. The number of hydrogen-bond acceptors (Lipinski definition) is 12. The number of methoxy groups -OCH3 is 2. The average Bonchev–Trinajstić information content (AvgIpc) is 4.12. The summed E-state index contributed by atoms with van der Waals surface area (Å²) in [6.45, 7) is 6.31. The van der Waals surface area contributed by atoms with Crippen LogP contribution in [0, 0.1) is 11.6 Å². The zero-order valence-corrected chi connectivity index (χ0v) is 35.7. The van der Waals surface area contributed by atoms with Gasteiger partial charge < -0.3 is 65.0 Å². The maximum absolute atomic E-state index is 15.2. The zero-order valence-electron chi connectivity index (χ0n) is 34.0. The summed E-state index contributed by atoms with van der Waals surface area (Å²) in [5.74, 6) is -3.54. The Labute approximate surface area is 361 Å². The summed E-state index contributed by atoms with van der Waals surface area (Å²) in [6, 6.07) is 1.77. The number of carbonyl (C=O) groups is 2. The van der Waals surface area contributed by atoms with Crippen LogP contribution in [-0.2, 0) is 9.47 Å². The summed E-state index contributed by atoms with van der Waals surface area (Å²) < 4.78 is 56.4. The average molecular weight is 902 g/mol. The molecule has 2 saturated heterocycles. The number of hydrogen-bond donors (Lipinski definition) is 4. The number of anilines is 2. The molecule has 0 bridgehead atoms. The van der Waals surface area contributed by atoms with Crippen LogP contribution in [0.25, 0.3) is 21.8 Å². The lowest BCUT2D eigenvalue weighted by molar-refractivity contribution is 0.0679. The van der Waals surface area contributed by atoms with E-state index in [-0.39, 0.29) is 111 Å². The third-order valence-electron chi connectivity index (χ3n) is 11.2. The van der Waals surface area contributed by atoms with Gasteiger partial charge in [0.15, 0.2) is 23.1 Å². The van der Waals surface area contributed by atoms with E-state index in [1.54, 1.807) is 18.9 Å².